The highest BCUT2D eigenvalue weighted by molar-refractivity contribution is 5.55. The van der Waals surface area contributed by atoms with Gasteiger partial charge in [0.15, 0.2) is 0 Å². The Bertz CT molecular complexity index is 648. The number of carbonyl (C=O) groups excluding carboxylic acids is 1. The van der Waals surface area contributed by atoms with Crippen molar-refractivity contribution in [3.63, 3.8) is 0 Å². The summed E-state index contributed by atoms with van der Waals surface area (Å²) in [6.45, 7) is 2.09. The molecule has 102 valence electrons. The van der Waals surface area contributed by atoms with Crippen molar-refractivity contribution in [3.05, 3.63) is 70.5 Å². The van der Waals surface area contributed by atoms with Crippen LogP contribution in [-0.2, 0) is 11.2 Å². The average Bonchev–Trinajstić information content (AvgIpc) is 2.57. The Morgan fingerprint density at radius 2 is 1.90 bits per heavy atom. The highest BCUT2D eigenvalue weighted by Crippen LogP contribution is 2.41. The Hall–Kier alpha value is -1.96. The molecule has 1 nitrogen and oxygen atoms in total. The van der Waals surface area contributed by atoms with Crippen LogP contribution in [0.1, 0.15) is 47.4 Å². The van der Waals surface area contributed by atoms with E-state index in [2.05, 4.69) is 19.1 Å². The highest BCUT2D eigenvalue weighted by atomic mass is 19.1. The molecule has 0 aromatic heterocycles. The molecule has 2 aromatic carbocycles. The van der Waals surface area contributed by atoms with Crippen LogP contribution < -0.4 is 0 Å². The summed E-state index contributed by atoms with van der Waals surface area (Å²) in [6, 6.07) is 13.3. The summed E-state index contributed by atoms with van der Waals surface area (Å²) in [5, 5.41) is 0. The van der Waals surface area contributed by atoms with Crippen LogP contribution in [0.5, 0.6) is 0 Å². The maximum atomic E-state index is 13.6. The topological polar surface area (TPSA) is 17.1 Å². The number of fused-ring (bicyclic) bond motifs is 2. The highest BCUT2D eigenvalue weighted by Gasteiger charge is 2.28. The first-order chi connectivity index (χ1) is 9.70. The number of rotatable bonds is 2. The number of halogens is 1. The lowest BCUT2D eigenvalue weighted by molar-refractivity contribution is -0.108. The normalized spacial score (nSPS) is 20.7. The van der Waals surface area contributed by atoms with E-state index in [4.69, 9.17) is 0 Å². The fraction of sp³-hybridized carbons (Fsp3) is 0.278. The molecule has 0 fully saturated rings. The number of benzene rings is 2. The van der Waals surface area contributed by atoms with Gasteiger partial charge in [0, 0.05) is 6.42 Å². The fourth-order valence-electron chi connectivity index (χ4n) is 3.33. The van der Waals surface area contributed by atoms with Crippen LogP contribution in [-0.4, -0.2) is 6.29 Å². The lowest BCUT2D eigenvalue weighted by Gasteiger charge is -2.23. The maximum absolute atomic E-state index is 13.6. The second kappa shape index (κ2) is 5.20. The summed E-state index contributed by atoms with van der Waals surface area (Å²) in [6.07, 6.45) is 2.27. The molecule has 0 unspecified atom stereocenters. The largest absolute Gasteiger partial charge is 0.303 e. The first kappa shape index (κ1) is 13.0. The van der Waals surface area contributed by atoms with Gasteiger partial charge in [0.1, 0.15) is 12.1 Å². The molecule has 0 aliphatic heterocycles. The lowest BCUT2D eigenvalue weighted by atomic mass is 9.81. The van der Waals surface area contributed by atoms with Gasteiger partial charge in [0.05, 0.1) is 0 Å². The zero-order valence-corrected chi connectivity index (χ0v) is 11.5. The lowest BCUT2D eigenvalue weighted by Crippen LogP contribution is -2.09. The van der Waals surface area contributed by atoms with Crippen molar-refractivity contribution in [2.45, 2.75) is 31.6 Å². The second-order valence-electron chi connectivity index (χ2n) is 5.52. The van der Waals surface area contributed by atoms with E-state index in [1.54, 1.807) is 6.07 Å². The van der Waals surface area contributed by atoms with E-state index in [0.29, 0.717) is 6.42 Å². The monoisotopic (exact) mass is 268 g/mol. The van der Waals surface area contributed by atoms with Gasteiger partial charge in [-0.15, -0.1) is 0 Å². The van der Waals surface area contributed by atoms with Crippen molar-refractivity contribution in [2.24, 2.45) is 0 Å². The quantitative estimate of drug-likeness (QED) is 0.746. The molecule has 0 saturated carbocycles. The molecule has 2 heteroatoms. The van der Waals surface area contributed by atoms with E-state index in [1.807, 2.05) is 18.2 Å². The minimum atomic E-state index is -0.202. The molecule has 2 aromatic rings. The molecule has 0 amide bonds. The number of aldehydes is 1. The van der Waals surface area contributed by atoms with Crippen LogP contribution in [0.4, 0.5) is 4.39 Å². The Labute approximate surface area is 118 Å². The summed E-state index contributed by atoms with van der Waals surface area (Å²) in [4.78, 5) is 11.0. The van der Waals surface area contributed by atoms with Gasteiger partial charge < -0.3 is 4.79 Å². The van der Waals surface area contributed by atoms with Gasteiger partial charge in [-0.3, -0.25) is 0 Å². The average molecular weight is 268 g/mol. The van der Waals surface area contributed by atoms with Crippen molar-refractivity contribution in [1.29, 1.82) is 0 Å². The third kappa shape index (κ3) is 2.15. The number of hydrogen-bond donors (Lipinski definition) is 0. The second-order valence-corrected chi connectivity index (χ2v) is 5.52. The molecule has 0 radical (unpaired) electrons. The first-order valence-electron chi connectivity index (χ1n) is 7.00. The standard InChI is InChI=1S/C18H17FO/c1-12-16(8-9-20)17-5-3-2-4-13(17)10-14-6-7-15(19)11-18(12)14/h2-7,9,11-12,16H,8,10H2,1H3/t12-,16+/m1/s1. The van der Waals surface area contributed by atoms with Gasteiger partial charge in [-0.25, -0.2) is 4.39 Å². The van der Waals surface area contributed by atoms with E-state index in [9.17, 15) is 9.18 Å². The zero-order valence-electron chi connectivity index (χ0n) is 11.5. The minimum absolute atomic E-state index is 0.131. The Morgan fingerprint density at radius 1 is 1.15 bits per heavy atom. The van der Waals surface area contributed by atoms with E-state index >= 15 is 0 Å². The van der Waals surface area contributed by atoms with Gasteiger partial charge in [0.25, 0.3) is 0 Å². The van der Waals surface area contributed by atoms with Crippen molar-refractivity contribution in [3.8, 4) is 0 Å². The predicted octanol–water partition coefficient (Wildman–Crippen LogP) is 4.21. The van der Waals surface area contributed by atoms with E-state index in [0.717, 1.165) is 18.3 Å². The van der Waals surface area contributed by atoms with Gasteiger partial charge in [-0.05, 0) is 52.6 Å². The molecule has 3 rings (SSSR count). The third-order valence-electron chi connectivity index (χ3n) is 4.39. The van der Waals surface area contributed by atoms with Gasteiger partial charge in [-0.2, -0.15) is 0 Å². The van der Waals surface area contributed by atoms with Crippen LogP contribution in [0.3, 0.4) is 0 Å². The molecule has 0 saturated heterocycles. The van der Waals surface area contributed by atoms with Crippen molar-refractivity contribution in [1.82, 2.24) is 0 Å². The molecule has 0 heterocycles. The molecular formula is C18H17FO. The van der Waals surface area contributed by atoms with Crippen LogP contribution in [0.25, 0.3) is 0 Å². The van der Waals surface area contributed by atoms with Gasteiger partial charge in [0.2, 0.25) is 0 Å². The fourth-order valence-corrected chi connectivity index (χ4v) is 3.33. The summed E-state index contributed by atoms with van der Waals surface area (Å²) in [5.74, 6) is 0.0766. The number of carbonyl (C=O) groups is 1. The van der Waals surface area contributed by atoms with Gasteiger partial charge >= 0.3 is 0 Å². The molecule has 0 N–H and O–H groups in total. The third-order valence-corrected chi connectivity index (χ3v) is 4.39. The summed E-state index contributed by atoms with van der Waals surface area (Å²) >= 11 is 0. The molecule has 0 bridgehead atoms. The van der Waals surface area contributed by atoms with Crippen molar-refractivity contribution >= 4 is 6.29 Å². The minimum Gasteiger partial charge on any atom is -0.303 e. The van der Waals surface area contributed by atoms with Crippen LogP contribution in [0, 0.1) is 5.82 Å². The Morgan fingerprint density at radius 3 is 2.70 bits per heavy atom. The van der Waals surface area contributed by atoms with E-state index in [-0.39, 0.29) is 17.7 Å². The summed E-state index contributed by atoms with van der Waals surface area (Å²) in [7, 11) is 0. The Balaban J connectivity index is 2.19. The van der Waals surface area contributed by atoms with Crippen LogP contribution >= 0.6 is 0 Å². The molecule has 1 aliphatic carbocycles. The Kier molecular flexibility index (Phi) is 3.39. The maximum Gasteiger partial charge on any atom is 0.123 e. The van der Waals surface area contributed by atoms with Crippen LogP contribution in [0.15, 0.2) is 42.5 Å². The van der Waals surface area contributed by atoms with Crippen molar-refractivity contribution in [2.75, 3.05) is 0 Å². The predicted molar refractivity (Wildman–Crippen MR) is 77.5 cm³/mol. The SMILES string of the molecule is C[C@H]1c2cc(F)ccc2Cc2ccccc2[C@H]1CC=O. The van der Waals surface area contributed by atoms with Crippen LogP contribution in [0.2, 0.25) is 0 Å². The smallest absolute Gasteiger partial charge is 0.123 e. The molecule has 1 aliphatic rings. The van der Waals surface area contributed by atoms with Gasteiger partial charge in [-0.1, -0.05) is 37.3 Å². The van der Waals surface area contributed by atoms with E-state index < -0.39 is 0 Å². The molecular weight excluding hydrogens is 251 g/mol. The molecule has 2 atom stereocenters. The molecule has 20 heavy (non-hydrogen) atoms. The zero-order chi connectivity index (χ0) is 14.1. The molecule has 0 spiro atoms. The number of hydrogen-bond acceptors (Lipinski definition) is 1. The van der Waals surface area contributed by atoms with Crippen molar-refractivity contribution < 1.29 is 9.18 Å². The van der Waals surface area contributed by atoms with E-state index in [1.165, 1.54) is 22.8 Å². The summed E-state index contributed by atoms with van der Waals surface area (Å²) in [5.41, 5.74) is 4.67. The first-order valence-corrected chi connectivity index (χ1v) is 7.00. The summed E-state index contributed by atoms with van der Waals surface area (Å²) < 4.78 is 13.6.